The van der Waals surface area contributed by atoms with E-state index < -0.39 is 0 Å². The number of nitrogens with one attached hydrogen (secondary N) is 2. The van der Waals surface area contributed by atoms with E-state index in [1.807, 2.05) is 26.0 Å². The minimum Gasteiger partial charge on any atom is -0.438 e. The van der Waals surface area contributed by atoms with Crippen LogP contribution in [0.3, 0.4) is 0 Å². The quantitative estimate of drug-likeness (QED) is 0.600. The minimum atomic E-state index is -0.325. The predicted octanol–water partition coefficient (Wildman–Crippen LogP) is 3.20. The van der Waals surface area contributed by atoms with Gasteiger partial charge in [-0.3, -0.25) is 14.6 Å². The van der Waals surface area contributed by atoms with Crippen LogP contribution >= 0.6 is 0 Å². The highest BCUT2D eigenvalue weighted by molar-refractivity contribution is 6.00. The molecule has 2 aromatic heterocycles. The summed E-state index contributed by atoms with van der Waals surface area (Å²) < 4.78 is 7.50. The number of fused-ring (bicyclic) bond motifs is 1. The molecule has 1 aliphatic carbocycles. The van der Waals surface area contributed by atoms with Gasteiger partial charge in [-0.2, -0.15) is 5.10 Å². The van der Waals surface area contributed by atoms with E-state index >= 15 is 0 Å². The molecule has 1 unspecified atom stereocenters. The molecule has 0 radical (unpaired) electrons. The van der Waals surface area contributed by atoms with Gasteiger partial charge in [0.2, 0.25) is 17.7 Å². The van der Waals surface area contributed by atoms with Crippen molar-refractivity contribution < 1.29 is 14.3 Å². The molecule has 2 amide bonds. The van der Waals surface area contributed by atoms with Gasteiger partial charge in [-0.25, -0.2) is 9.50 Å². The lowest BCUT2D eigenvalue weighted by Crippen LogP contribution is -2.36. The Hall–Kier alpha value is -3.95. The van der Waals surface area contributed by atoms with E-state index in [1.54, 1.807) is 41.0 Å². The second-order valence-corrected chi connectivity index (χ2v) is 8.56. The van der Waals surface area contributed by atoms with Gasteiger partial charge in [0, 0.05) is 42.9 Å². The highest BCUT2D eigenvalue weighted by atomic mass is 16.5. The number of carbonyl (C=O) groups excluding carboxylic acids is 2. The van der Waals surface area contributed by atoms with Gasteiger partial charge in [0.05, 0.1) is 6.20 Å². The molecule has 1 atom stereocenters. The Kier molecular flexibility index (Phi) is 5.20. The number of nitrogens with zero attached hydrogens (tertiary/aromatic N) is 5. The van der Waals surface area contributed by atoms with E-state index in [0.717, 1.165) is 24.1 Å². The molecule has 1 fully saturated rings. The van der Waals surface area contributed by atoms with Crippen LogP contribution in [0.1, 0.15) is 31.7 Å². The molecule has 0 spiro atoms. The van der Waals surface area contributed by atoms with Crippen molar-refractivity contribution in [3.05, 3.63) is 42.1 Å². The number of hydrogen-bond acceptors (Lipinski definition) is 7. The number of likely N-dealkylation sites (N-methyl/N-ethyl adjacent to an activating group) is 1. The van der Waals surface area contributed by atoms with Crippen molar-refractivity contribution in [2.75, 3.05) is 17.7 Å². The molecule has 10 heteroatoms. The summed E-state index contributed by atoms with van der Waals surface area (Å²) >= 11 is 0. The molecule has 1 aliphatic heterocycles. The number of imidazole rings is 1. The molecule has 0 saturated heterocycles. The van der Waals surface area contributed by atoms with Crippen LogP contribution in [-0.4, -0.2) is 50.2 Å². The van der Waals surface area contributed by atoms with Gasteiger partial charge < -0.3 is 15.4 Å². The van der Waals surface area contributed by atoms with E-state index in [1.165, 1.54) is 0 Å². The number of amides is 2. The molecule has 3 heterocycles. The average Bonchev–Trinajstić information content (AvgIpc) is 3.46. The lowest BCUT2D eigenvalue weighted by Gasteiger charge is -2.19. The summed E-state index contributed by atoms with van der Waals surface area (Å²) in [6.07, 6.45) is 4.12. The van der Waals surface area contributed by atoms with E-state index in [4.69, 9.17) is 4.74 Å². The fourth-order valence-electron chi connectivity index (χ4n) is 3.74. The van der Waals surface area contributed by atoms with Gasteiger partial charge in [0.15, 0.2) is 11.5 Å². The number of aromatic nitrogens is 3. The van der Waals surface area contributed by atoms with Crippen molar-refractivity contribution in [2.45, 2.75) is 39.2 Å². The van der Waals surface area contributed by atoms with Crippen molar-refractivity contribution in [1.82, 2.24) is 19.6 Å². The van der Waals surface area contributed by atoms with E-state index in [0.29, 0.717) is 35.2 Å². The number of anilines is 2. The van der Waals surface area contributed by atoms with Gasteiger partial charge in [-0.15, -0.1) is 5.10 Å². The summed E-state index contributed by atoms with van der Waals surface area (Å²) in [5.41, 5.74) is 3.12. The van der Waals surface area contributed by atoms with Crippen LogP contribution in [0.2, 0.25) is 0 Å². The zero-order chi connectivity index (χ0) is 23.1. The highest BCUT2D eigenvalue weighted by Gasteiger charge is 2.30. The Bertz CT molecular complexity index is 1280. The Balaban J connectivity index is 1.29. The third kappa shape index (κ3) is 4.50. The summed E-state index contributed by atoms with van der Waals surface area (Å²) in [5.74, 6) is 1.35. The van der Waals surface area contributed by atoms with Crippen LogP contribution < -0.4 is 15.4 Å². The highest BCUT2D eigenvalue weighted by Crippen LogP contribution is 2.30. The maximum atomic E-state index is 12.7. The molecular formula is C23H25N7O3. The largest absolute Gasteiger partial charge is 0.438 e. The maximum absolute atomic E-state index is 12.7. The first-order chi connectivity index (χ1) is 15.9. The first-order valence-electron chi connectivity index (χ1n) is 10.9. The lowest BCUT2D eigenvalue weighted by molar-refractivity contribution is -0.120. The summed E-state index contributed by atoms with van der Waals surface area (Å²) in [6.45, 7) is 3.84. The molecular weight excluding hydrogens is 422 g/mol. The van der Waals surface area contributed by atoms with Crippen molar-refractivity contribution >= 4 is 34.7 Å². The lowest BCUT2D eigenvalue weighted by atomic mass is 10.1. The van der Waals surface area contributed by atoms with Crippen molar-refractivity contribution in [3.63, 3.8) is 0 Å². The first kappa shape index (κ1) is 20.9. The summed E-state index contributed by atoms with van der Waals surface area (Å²) in [6, 6.07) is 8.63. The van der Waals surface area contributed by atoms with E-state index in [9.17, 15) is 9.59 Å². The summed E-state index contributed by atoms with van der Waals surface area (Å²) in [4.78, 5) is 29.1. The van der Waals surface area contributed by atoms with Crippen LogP contribution in [0.25, 0.3) is 5.65 Å². The van der Waals surface area contributed by atoms with Crippen LogP contribution in [0, 0.1) is 12.8 Å². The number of ether oxygens (including phenoxy) is 1. The van der Waals surface area contributed by atoms with Crippen molar-refractivity contribution in [3.8, 4) is 11.6 Å². The van der Waals surface area contributed by atoms with Crippen molar-refractivity contribution in [1.29, 1.82) is 0 Å². The van der Waals surface area contributed by atoms with Crippen LogP contribution in [0.15, 0.2) is 41.6 Å². The van der Waals surface area contributed by atoms with Gasteiger partial charge in [-0.05, 0) is 44.4 Å². The molecule has 1 aromatic carbocycles. The summed E-state index contributed by atoms with van der Waals surface area (Å²) in [5, 5.41) is 16.2. The van der Waals surface area contributed by atoms with E-state index in [-0.39, 0.29) is 23.8 Å². The Morgan fingerprint density at radius 2 is 1.91 bits per heavy atom. The summed E-state index contributed by atoms with van der Waals surface area (Å²) in [7, 11) is 1.80. The fourth-order valence-corrected chi connectivity index (χ4v) is 3.74. The fraction of sp³-hybridized carbons (Fsp3) is 0.348. The molecule has 0 bridgehead atoms. The number of hydrogen-bond donors (Lipinski definition) is 2. The van der Waals surface area contributed by atoms with Crippen LogP contribution in [0.4, 0.5) is 11.5 Å². The Morgan fingerprint density at radius 1 is 1.09 bits per heavy atom. The predicted molar refractivity (Wildman–Crippen MR) is 124 cm³/mol. The van der Waals surface area contributed by atoms with Crippen LogP contribution in [-0.2, 0) is 9.59 Å². The molecule has 170 valence electrons. The average molecular weight is 447 g/mol. The third-order valence-electron chi connectivity index (χ3n) is 5.76. The number of carbonyl (C=O) groups is 2. The number of rotatable bonds is 6. The first-order valence-corrected chi connectivity index (χ1v) is 10.9. The molecule has 1 saturated carbocycles. The zero-order valence-corrected chi connectivity index (χ0v) is 18.7. The van der Waals surface area contributed by atoms with Crippen molar-refractivity contribution in [2.24, 2.45) is 11.0 Å². The van der Waals surface area contributed by atoms with Gasteiger partial charge in [-0.1, -0.05) is 6.07 Å². The SMILES string of the molecule is CC1=NN(C)C(C(=O)Nc2cc(Oc3ccc4nc(NC(=O)C5CC5)cn4n3)ccc2C)C1. The monoisotopic (exact) mass is 447 g/mol. The molecule has 2 aliphatic rings. The van der Waals surface area contributed by atoms with Gasteiger partial charge in [0.1, 0.15) is 11.8 Å². The standard InChI is InChI=1S/C23H25N7O3/c1-13-4-7-16(11-17(13)24-23(32)18-10-14(2)27-29(18)3)33-21-9-8-20-25-19(12-30(20)28-21)26-22(31)15-5-6-15/h4,7-9,11-12,15,18H,5-6,10H2,1-3H3,(H,24,32)(H,26,31). The third-order valence-corrected chi connectivity index (χ3v) is 5.76. The Labute approximate surface area is 190 Å². The van der Waals surface area contributed by atoms with E-state index in [2.05, 4.69) is 25.8 Å². The molecule has 3 aromatic rings. The molecule has 5 rings (SSSR count). The Morgan fingerprint density at radius 3 is 2.64 bits per heavy atom. The maximum Gasteiger partial charge on any atom is 0.249 e. The molecule has 2 N–H and O–H groups in total. The second kappa shape index (κ2) is 8.19. The topological polar surface area (TPSA) is 113 Å². The number of aryl methyl sites for hydroxylation is 1. The van der Waals surface area contributed by atoms with Gasteiger partial charge >= 0.3 is 0 Å². The van der Waals surface area contributed by atoms with Gasteiger partial charge in [0.25, 0.3) is 0 Å². The number of benzene rings is 1. The van der Waals surface area contributed by atoms with Crippen LogP contribution in [0.5, 0.6) is 11.6 Å². The second-order valence-electron chi connectivity index (χ2n) is 8.56. The smallest absolute Gasteiger partial charge is 0.249 e. The zero-order valence-electron chi connectivity index (χ0n) is 18.7. The number of hydrazone groups is 1. The molecule has 10 nitrogen and oxygen atoms in total. The molecule has 33 heavy (non-hydrogen) atoms. The minimum absolute atomic E-state index is 0.00497. The normalized spacial score (nSPS) is 17.7.